The molecule has 0 aliphatic heterocycles. The lowest BCUT2D eigenvalue weighted by molar-refractivity contribution is 0.490. The molecule has 0 fully saturated rings. The zero-order valence-corrected chi connectivity index (χ0v) is 24.8. The Balaban J connectivity index is 1.52. The summed E-state index contributed by atoms with van der Waals surface area (Å²) in [5, 5.41) is 4.27. The monoisotopic (exact) mass is 542 g/mol. The highest BCUT2D eigenvalue weighted by Gasteiger charge is 2.40. The third-order valence-corrected chi connectivity index (χ3v) is 10.1. The van der Waals surface area contributed by atoms with Gasteiger partial charge in [0.15, 0.2) is 0 Å². The van der Waals surface area contributed by atoms with Crippen LogP contribution in [0.5, 0.6) is 0 Å². The minimum atomic E-state index is 0.0618. The van der Waals surface area contributed by atoms with Crippen molar-refractivity contribution in [2.45, 2.75) is 46.0 Å². The lowest BCUT2D eigenvalue weighted by atomic mass is 9.73. The standard InChI is InChI=1S/C37H34S2/c1-5-37(6-2)35-21-25(3)11-17-32(35)33-18-14-29(24-36(33)37)34-23-27(12-15-30-9-7-19-38-30)26(4)22-28(34)13-16-31-10-8-20-39-31/h7-24H,5-6H2,1-4H3/b15-12+,16-13+. The van der Waals surface area contributed by atoms with E-state index in [0.29, 0.717) is 0 Å². The fraction of sp³-hybridized carbons (Fsp3) is 0.189. The zero-order chi connectivity index (χ0) is 27.0. The summed E-state index contributed by atoms with van der Waals surface area (Å²) in [6.45, 7) is 9.15. The van der Waals surface area contributed by atoms with Crippen LogP contribution < -0.4 is 0 Å². The molecular weight excluding hydrogens is 509 g/mol. The number of rotatable bonds is 7. The molecule has 1 aliphatic rings. The van der Waals surface area contributed by atoms with Crippen molar-refractivity contribution in [2.24, 2.45) is 0 Å². The SMILES string of the molecule is CCC1(CC)c2cc(C)ccc2-c2ccc(-c3cc(/C=C/c4cccs4)c(C)cc3/C=C/c3cccs3)cc21. The Morgan fingerprint density at radius 1 is 0.615 bits per heavy atom. The Bertz CT molecular complexity index is 1670. The number of hydrogen-bond acceptors (Lipinski definition) is 2. The van der Waals surface area contributed by atoms with Crippen LogP contribution in [-0.2, 0) is 5.41 Å². The molecule has 0 unspecified atom stereocenters. The molecule has 2 heteroatoms. The first kappa shape index (κ1) is 25.8. The molecule has 194 valence electrons. The number of thiophene rings is 2. The van der Waals surface area contributed by atoms with Gasteiger partial charge in [0.1, 0.15) is 0 Å². The van der Waals surface area contributed by atoms with E-state index in [4.69, 9.17) is 0 Å². The molecule has 6 rings (SSSR count). The van der Waals surface area contributed by atoms with Crippen LogP contribution >= 0.6 is 22.7 Å². The quantitative estimate of drug-likeness (QED) is 0.192. The Kier molecular flexibility index (Phi) is 7.01. The second kappa shape index (κ2) is 10.6. The van der Waals surface area contributed by atoms with Crippen LogP contribution in [0.2, 0.25) is 0 Å². The normalized spacial score (nSPS) is 13.8. The van der Waals surface area contributed by atoms with Crippen molar-refractivity contribution in [3.63, 3.8) is 0 Å². The van der Waals surface area contributed by atoms with Crippen LogP contribution in [-0.4, -0.2) is 0 Å². The van der Waals surface area contributed by atoms with Crippen LogP contribution in [0.25, 0.3) is 46.6 Å². The van der Waals surface area contributed by atoms with Gasteiger partial charge in [-0.1, -0.05) is 80.1 Å². The zero-order valence-electron chi connectivity index (χ0n) is 23.1. The molecule has 2 aromatic heterocycles. The molecule has 2 heterocycles. The third-order valence-electron chi connectivity index (χ3n) is 8.41. The van der Waals surface area contributed by atoms with Gasteiger partial charge in [-0.3, -0.25) is 0 Å². The summed E-state index contributed by atoms with van der Waals surface area (Å²) in [6.07, 6.45) is 11.2. The molecule has 0 N–H and O–H groups in total. The second-order valence-electron chi connectivity index (χ2n) is 10.6. The summed E-state index contributed by atoms with van der Waals surface area (Å²) < 4.78 is 0. The fourth-order valence-corrected chi connectivity index (χ4v) is 7.45. The smallest absolute Gasteiger partial charge is 0.0270 e. The van der Waals surface area contributed by atoms with Crippen LogP contribution in [0.3, 0.4) is 0 Å². The van der Waals surface area contributed by atoms with Gasteiger partial charge >= 0.3 is 0 Å². The summed E-state index contributed by atoms with van der Waals surface area (Å²) in [6, 6.07) is 27.6. The number of aryl methyl sites for hydroxylation is 2. The van der Waals surface area contributed by atoms with Crippen LogP contribution in [0.1, 0.15) is 69.8 Å². The van der Waals surface area contributed by atoms with Crippen molar-refractivity contribution in [1.29, 1.82) is 0 Å². The highest BCUT2D eigenvalue weighted by Crippen LogP contribution is 2.53. The van der Waals surface area contributed by atoms with Crippen molar-refractivity contribution in [1.82, 2.24) is 0 Å². The van der Waals surface area contributed by atoms with Gasteiger partial charge in [0, 0.05) is 15.2 Å². The average Bonchev–Trinajstić information content (AvgIpc) is 3.71. The second-order valence-corrected chi connectivity index (χ2v) is 12.6. The lowest BCUT2D eigenvalue weighted by Crippen LogP contribution is -2.23. The summed E-state index contributed by atoms with van der Waals surface area (Å²) in [4.78, 5) is 2.55. The van der Waals surface area contributed by atoms with Crippen molar-refractivity contribution >= 4 is 47.0 Å². The van der Waals surface area contributed by atoms with E-state index < -0.39 is 0 Å². The minimum absolute atomic E-state index is 0.0618. The maximum atomic E-state index is 2.50. The maximum Gasteiger partial charge on any atom is 0.0270 e. The van der Waals surface area contributed by atoms with E-state index in [1.54, 1.807) is 22.7 Å². The highest BCUT2D eigenvalue weighted by atomic mass is 32.1. The summed E-state index contributed by atoms with van der Waals surface area (Å²) >= 11 is 3.55. The summed E-state index contributed by atoms with van der Waals surface area (Å²) in [5.74, 6) is 0. The van der Waals surface area contributed by atoms with E-state index in [0.717, 1.165) is 12.8 Å². The van der Waals surface area contributed by atoms with E-state index in [2.05, 4.69) is 136 Å². The Morgan fingerprint density at radius 2 is 1.23 bits per heavy atom. The molecule has 0 nitrogen and oxygen atoms in total. The first-order valence-corrected chi connectivity index (χ1v) is 15.6. The molecule has 0 spiro atoms. The fourth-order valence-electron chi connectivity index (χ4n) is 6.22. The maximum absolute atomic E-state index is 2.50. The number of benzene rings is 3. The molecule has 0 radical (unpaired) electrons. The van der Waals surface area contributed by atoms with Gasteiger partial charge in [0.2, 0.25) is 0 Å². The van der Waals surface area contributed by atoms with E-state index >= 15 is 0 Å². The molecule has 0 saturated heterocycles. The molecule has 5 aromatic rings. The van der Waals surface area contributed by atoms with E-state index in [-0.39, 0.29) is 5.41 Å². The van der Waals surface area contributed by atoms with Crippen molar-refractivity contribution in [3.8, 4) is 22.3 Å². The summed E-state index contributed by atoms with van der Waals surface area (Å²) in [7, 11) is 0. The van der Waals surface area contributed by atoms with Crippen LogP contribution in [0.4, 0.5) is 0 Å². The topological polar surface area (TPSA) is 0 Å². The molecule has 0 amide bonds. The van der Waals surface area contributed by atoms with Gasteiger partial charge in [-0.05, 0) is 124 Å². The van der Waals surface area contributed by atoms with Gasteiger partial charge < -0.3 is 0 Å². The molecule has 39 heavy (non-hydrogen) atoms. The van der Waals surface area contributed by atoms with Crippen molar-refractivity contribution in [2.75, 3.05) is 0 Å². The van der Waals surface area contributed by atoms with Crippen molar-refractivity contribution in [3.05, 3.63) is 127 Å². The van der Waals surface area contributed by atoms with Crippen LogP contribution in [0.15, 0.2) is 83.6 Å². The Labute approximate surface area is 241 Å². The number of fused-ring (bicyclic) bond motifs is 3. The molecule has 0 atom stereocenters. The Morgan fingerprint density at radius 3 is 1.85 bits per heavy atom. The molecule has 3 aromatic carbocycles. The average molecular weight is 543 g/mol. The van der Waals surface area contributed by atoms with Crippen LogP contribution in [0, 0.1) is 13.8 Å². The van der Waals surface area contributed by atoms with Gasteiger partial charge in [-0.25, -0.2) is 0 Å². The van der Waals surface area contributed by atoms with Gasteiger partial charge in [0.05, 0.1) is 0 Å². The predicted molar refractivity (Wildman–Crippen MR) is 175 cm³/mol. The van der Waals surface area contributed by atoms with Gasteiger partial charge in [-0.15, -0.1) is 22.7 Å². The number of hydrogen-bond donors (Lipinski definition) is 0. The van der Waals surface area contributed by atoms with Crippen molar-refractivity contribution < 1.29 is 0 Å². The first-order valence-electron chi connectivity index (χ1n) is 13.9. The molecule has 0 saturated carbocycles. The Hall–Kier alpha value is -3.46. The van der Waals surface area contributed by atoms with E-state index in [9.17, 15) is 0 Å². The summed E-state index contributed by atoms with van der Waals surface area (Å²) in [5.41, 5.74) is 13.6. The first-order chi connectivity index (χ1) is 19.0. The molecule has 1 aliphatic carbocycles. The van der Waals surface area contributed by atoms with E-state index in [1.165, 1.54) is 65.4 Å². The molecular formula is C37H34S2. The lowest BCUT2D eigenvalue weighted by Gasteiger charge is -2.30. The highest BCUT2D eigenvalue weighted by molar-refractivity contribution is 7.11. The van der Waals surface area contributed by atoms with Gasteiger partial charge in [0.25, 0.3) is 0 Å². The van der Waals surface area contributed by atoms with E-state index in [1.807, 2.05) is 0 Å². The predicted octanol–water partition coefficient (Wildman–Crippen LogP) is 11.5. The largest absolute Gasteiger partial charge is 0.144 e. The third kappa shape index (κ3) is 4.67. The minimum Gasteiger partial charge on any atom is -0.144 e. The van der Waals surface area contributed by atoms with Gasteiger partial charge in [-0.2, -0.15) is 0 Å². The molecule has 0 bridgehead atoms.